The molecule has 7 heteroatoms. The van der Waals surface area contributed by atoms with E-state index in [0.717, 1.165) is 43.5 Å². The first-order valence-electron chi connectivity index (χ1n) is 10.00. The predicted molar refractivity (Wildman–Crippen MR) is 109 cm³/mol. The Morgan fingerprint density at radius 1 is 1.29 bits per heavy atom. The van der Waals surface area contributed by atoms with Crippen LogP contribution in [0.25, 0.3) is 0 Å². The number of nitrogens with two attached hydrogens (primary N) is 1. The van der Waals surface area contributed by atoms with Crippen molar-refractivity contribution in [3.8, 4) is 5.75 Å². The fraction of sp³-hybridized carbons (Fsp3) is 0.524. The summed E-state index contributed by atoms with van der Waals surface area (Å²) in [6.07, 6.45) is 7.86. The van der Waals surface area contributed by atoms with Crippen LogP contribution >= 0.6 is 0 Å². The third-order valence-corrected chi connectivity index (χ3v) is 4.69. The van der Waals surface area contributed by atoms with Crippen LogP contribution in [0.1, 0.15) is 55.1 Å². The number of para-hydroxylation sites is 1. The maximum atomic E-state index is 12.2. The summed E-state index contributed by atoms with van der Waals surface area (Å²) in [4.78, 5) is 18.8. The molecule has 1 aromatic carbocycles. The predicted octanol–water partition coefficient (Wildman–Crippen LogP) is 2.42. The van der Waals surface area contributed by atoms with Crippen molar-refractivity contribution in [2.75, 3.05) is 13.2 Å². The summed E-state index contributed by atoms with van der Waals surface area (Å²) in [6, 6.07) is 7.57. The van der Waals surface area contributed by atoms with Gasteiger partial charge < -0.3 is 25.9 Å². The lowest BCUT2D eigenvalue weighted by molar-refractivity contribution is 0.0846. The Balaban J connectivity index is 1.86. The number of nitrogens with one attached hydrogen (secondary N) is 2. The molecule has 7 nitrogen and oxygen atoms in total. The van der Waals surface area contributed by atoms with Crippen molar-refractivity contribution in [1.82, 2.24) is 15.3 Å². The number of benzene rings is 1. The monoisotopic (exact) mass is 388 g/mol. The number of aliphatic hydroxyl groups excluding tert-OH is 1. The van der Waals surface area contributed by atoms with E-state index in [1.165, 1.54) is 12.5 Å². The zero-order valence-electron chi connectivity index (χ0n) is 16.6. The number of aliphatic hydroxyl groups is 1. The number of hydrogen-bond acceptors (Lipinski definition) is 5. The zero-order chi connectivity index (χ0) is 20.2. The molecular formula is C21H32N4O3. The van der Waals surface area contributed by atoms with Crippen LogP contribution in [0, 0.1) is 0 Å². The summed E-state index contributed by atoms with van der Waals surface area (Å²) < 4.78 is 5.96. The van der Waals surface area contributed by atoms with E-state index in [1.807, 2.05) is 24.3 Å². The number of imidazole rings is 1. The number of H-pyrrole nitrogens is 1. The summed E-state index contributed by atoms with van der Waals surface area (Å²) in [6.45, 7) is 3.10. The van der Waals surface area contributed by atoms with Gasteiger partial charge in [0, 0.05) is 0 Å². The number of unbranched alkanes of at least 4 members (excludes halogenated alkanes) is 3. The molecule has 0 unspecified atom stereocenters. The molecule has 1 amide bonds. The molecule has 0 saturated heterocycles. The van der Waals surface area contributed by atoms with Crippen LogP contribution in [-0.4, -0.2) is 46.3 Å². The van der Waals surface area contributed by atoms with E-state index in [0.29, 0.717) is 25.1 Å². The highest BCUT2D eigenvalue weighted by molar-refractivity contribution is 5.92. The van der Waals surface area contributed by atoms with Gasteiger partial charge in [0.05, 0.1) is 31.3 Å². The standard InChI is InChI=1S/C21H32N4O3/c1-16(26)18(25-21(27)19-14-23-15-24-19)11-10-17-8-4-5-9-20(17)28-13-7-3-2-6-12-22/h4-5,8-9,14-16,18,26H,2-3,6-7,10-13,22H2,1H3,(H,23,24)(H,25,27)/t16-,18+/m0/s1. The number of hydrogen-bond donors (Lipinski definition) is 4. The Kier molecular flexibility index (Phi) is 9.51. The average Bonchev–Trinajstić information content (AvgIpc) is 3.23. The second-order valence-electron chi connectivity index (χ2n) is 6.98. The van der Waals surface area contributed by atoms with Crippen LogP contribution in [0.4, 0.5) is 0 Å². The fourth-order valence-electron chi connectivity index (χ4n) is 3.00. The third kappa shape index (κ3) is 7.32. The second-order valence-corrected chi connectivity index (χ2v) is 6.98. The number of carbonyl (C=O) groups excluding carboxylic acids is 1. The van der Waals surface area contributed by atoms with Crippen LogP contribution in [0.2, 0.25) is 0 Å². The Morgan fingerprint density at radius 3 is 2.79 bits per heavy atom. The first-order valence-corrected chi connectivity index (χ1v) is 10.00. The van der Waals surface area contributed by atoms with Gasteiger partial charge >= 0.3 is 0 Å². The van der Waals surface area contributed by atoms with Gasteiger partial charge in [-0.25, -0.2) is 4.98 Å². The van der Waals surface area contributed by atoms with Gasteiger partial charge in [-0.2, -0.15) is 0 Å². The lowest BCUT2D eigenvalue weighted by Gasteiger charge is -2.22. The van der Waals surface area contributed by atoms with Crippen molar-refractivity contribution in [2.24, 2.45) is 5.73 Å². The van der Waals surface area contributed by atoms with Crippen molar-refractivity contribution in [3.05, 3.63) is 48.0 Å². The van der Waals surface area contributed by atoms with Gasteiger partial charge in [0.15, 0.2) is 0 Å². The smallest absolute Gasteiger partial charge is 0.269 e. The van der Waals surface area contributed by atoms with Gasteiger partial charge in [0.1, 0.15) is 11.4 Å². The van der Waals surface area contributed by atoms with Crippen molar-refractivity contribution in [1.29, 1.82) is 0 Å². The van der Waals surface area contributed by atoms with Gasteiger partial charge in [-0.05, 0) is 50.8 Å². The molecule has 0 aliphatic carbocycles. The topological polar surface area (TPSA) is 113 Å². The van der Waals surface area contributed by atoms with Crippen LogP contribution in [0.3, 0.4) is 0 Å². The first-order chi connectivity index (χ1) is 13.6. The summed E-state index contributed by atoms with van der Waals surface area (Å²) in [5.74, 6) is 0.593. The average molecular weight is 389 g/mol. The Bertz CT molecular complexity index is 689. The van der Waals surface area contributed by atoms with Crippen molar-refractivity contribution >= 4 is 5.91 Å². The van der Waals surface area contributed by atoms with E-state index in [4.69, 9.17) is 10.5 Å². The largest absolute Gasteiger partial charge is 0.493 e. The Hall–Kier alpha value is -2.38. The molecule has 28 heavy (non-hydrogen) atoms. The normalized spacial score (nSPS) is 13.1. The van der Waals surface area contributed by atoms with Crippen molar-refractivity contribution < 1.29 is 14.6 Å². The van der Waals surface area contributed by atoms with Gasteiger partial charge in [0.25, 0.3) is 5.91 Å². The number of ether oxygens (including phenoxy) is 1. The van der Waals surface area contributed by atoms with Crippen LogP contribution in [0.5, 0.6) is 5.75 Å². The molecule has 0 radical (unpaired) electrons. The van der Waals surface area contributed by atoms with E-state index >= 15 is 0 Å². The first kappa shape index (κ1) is 21.9. The van der Waals surface area contributed by atoms with Gasteiger partial charge in [0.2, 0.25) is 0 Å². The molecule has 0 saturated carbocycles. The quantitative estimate of drug-likeness (QED) is 0.394. The molecule has 1 heterocycles. The van der Waals surface area contributed by atoms with Crippen LogP contribution < -0.4 is 15.8 Å². The maximum absolute atomic E-state index is 12.2. The molecule has 0 spiro atoms. The summed E-state index contributed by atoms with van der Waals surface area (Å²) in [5, 5.41) is 12.9. The number of nitrogens with zero attached hydrogens (tertiary/aromatic N) is 1. The highest BCUT2D eigenvalue weighted by Crippen LogP contribution is 2.21. The van der Waals surface area contributed by atoms with E-state index in [2.05, 4.69) is 15.3 Å². The number of aromatic amines is 1. The third-order valence-electron chi connectivity index (χ3n) is 4.69. The number of amides is 1. The minimum atomic E-state index is -0.664. The molecule has 2 atom stereocenters. The second kappa shape index (κ2) is 12.2. The molecule has 0 aliphatic heterocycles. The van der Waals surface area contributed by atoms with Crippen molar-refractivity contribution in [2.45, 2.75) is 57.6 Å². The number of aryl methyl sites for hydroxylation is 1. The molecule has 5 N–H and O–H groups in total. The summed E-state index contributed by atoms with van der Waals surface area (Å²) in [7, 11) is 0. The lowest BCUT2D eigenvalue weighted by Crippen LogP contribution is -2.42. The van der Waals surface area contributed by atoms with E-state index in [9.17, 15) is 9.90 Å². The lowest BCUT2D eigenvalue weighted by atomic mass is 10.0. The number of carbonyl (C=O) groups is 1. The highest BCUT2D eigenvalue weighted by Gasteiger charge is 2.19. The fourth-order valence-corrected chi connectivity index (χ4v) is 3.00. The minimum Gasteiger partial charge on any atom is -0.493 e. The van der Waals surface area contributed by atoms with E-state index < -0.39 is 6.10 Å². The minimum absolute atomic E-state index is 0.273. The molecule has 2 rings (SSSR count). The Labute approximate surface area is 166 Å². The van der Waals surface area contributed by atoms with Gasteiger partial charge in [-0.15, -0.1) is 0 Å². The molecule has 154 valence electrons. The molecule has 0 aliphatic rings. The molecule has 2 aromatic rings. The number of rotatable bonds is 13. The van der Waals surface area contributed by atoms with Crippen LogP contribution in [-0.2, 0) is 6.42 Å². The molecule has 1 aromatic heterocycles. The summed E-state index contributed by atoms with van der Waals surface area (Å²) in [5.41, 5.74) is 6.96. The van der Waals surface area contributed by atoms with E-state index in [-0.39, 0.29) is 11.9 Å². The SMILES string of the molecule is C[C@H](O)[C@@H](CCc1ccccc1OCCCCCCN)NC(=O)c1cnc[nH]1. The zero-order valence-corrected chi connectivity index (χ0v) is 16.6. The Morgan fingerprint density at radius 2 is 2.07 bits per heavy atom. The van der Waals surface area contributed by atoms with E-state index in [1.54, 1.807) is 6.92 Å². The van der Waals surface area contributed by atoms with Gasteiger partial charge in [-0.1, -0.05) is 31.0 Å². The molecular weight excluding hydrogens is 356 g/mol. The van der Waals surface area contributed by atoms with Crippen LogP contribution in [0.15, 0.2) is 36.8 Å². The highest BCUT2D eigenvalue weighted by atomic mass is 16.5. The summed E-state index contributed by atoms with van der Waals surface area (Å²) >= 11 is 0. The van der Waals surface area contributed by atoms with Gasteiger partial charge in [-0.3, -0.25) is 4.79 Å². The van der Waals surface area contributed by atoms with Crippen molar-refractivity contribution in [3.63, 3.8) is 0 Å². The molecule has 0 bridgehead atoms. The number of aromatic nitrogens is 2. The maximum Gasteiger partial charge on any atom is 0.269 e. The molecule has 0 fully saturated rings.